The molecule has 2 rings (SSSR count). The van der Waals surface area contributed by atoms with Crippen molar-refractivity contribution >= 4 is 31.9 Å². The third kappa shape index (κ3) is 3.61. The summed E-state index contributed by atoms with van der Waals surface area (Å²) in [5.74, 6) is -0.927. The van der Waals surface area contributed by atoms with E-state index in [1.165, 1.54) is 18.2 Å². The zero-order valence-electron chi connectivity index (χ0n) is 9.71. The largest absolute Gasteiger partial charge is 0.388 e. The zero-order valence-corrected chi connectivity index (χ0v) is 12.9. The van der Waals surface area contributed by atoms with E-state index in [1.807, 2.05) is 0 Å². The first-order chi connectivity index (χ1) is 8.97. The lowest BCUT2D eigenvalue weighted by atomic mass is 10.0. The highest BCUT2D eigenvalue weighted by molar-refractivity contribution is 9.10. The molecule has 0 aromatic heterocycles. The monoisotopic (exact) mass is 390 g/mol. The van der Waals surface area contributed by atoms with Crippen molar-refractivity contribution in [2.75, 3.05) is 0 Å². The molecule has 0 bridgehead atoms. The number of hydrogen-bond donors (Lipinski definition) is 1. The molecule has 0 aliphatic rings. The molecule has 0 fully saturated rings. The van der Waals surface area contributed by atoms with Crippen LogP contribution in [0.5, 0.6) is 0 Å². The number of rotatable bonds is 3. The van der Waals surface area contributed by atoms with E-state index < -0.39 is 17.7 Å². The molecule has 100 valence electrons. The topological polar surface area (TPSA) is 20.2 Å². The maximum absolute atomic E-state index is 13.6. The quantitative estimate of drug-likeness (QED) is 0.799. The first kappa shape index (κ1) is 14.6. The normalized spacial score (nSPS) is 12.5. The Morgan fingerprint density at radius 2 is 1.53 bits per heavy atom. The molecule has 0 saturated carbocycles. The first-order valence-corrected chi connectivity index (χ1v) is 7.13. The van der Waals surface area contributed by atoms with Crippen molar-refractivity contribution in [1.82, 2.24) is 0 Å². The Morgan fingerprint density at radius 1 is 0.947 bits per heavy atom. The van der Waals surface area contributed by atoms with Crippen LogP contribution in [0.3, 0.4) is 0 Å². The Balaban J connectivity index is 2.27. The van der Waals surface area contributed by atoms with Gasteiger partial charge in [-0.2, -0.15) is 0 Å². The maximum Gasteiger partial charge on any atom is 0.129 e. The highest BCUT2D eigenvalue weighted by Crippen LogP contribution is 2.26. The molecule has 1 nitrogen and oxygen atoms in total. The number of benzene rings is 2. The van der Waals surface area contributed by atoms with Crippen molar-refractivity contribution in [1.29, 1.82) is 0 Å². The van der Waals surface area contributed by atoms with Gasteiger partial charge >= 0.3 is 0 Å². The molecule has 5 heteroatoms. The van der Waals surface area contributed by atoms with E-state index in [-0.39, 0.29) is 12.0 Å². The van der Waals surface area contributed by atoms with E-state index in [0.29, 0.717) is 14.5 Å². The van der Waals surface area contributed by atoms with Crippen LogP contribution in [0.2, 0.25) is 0 Å². The molecule has 0 radical (unpaired) electrons. The molecule has 19 heavy (non-hydrogen) atoms. The second-order valence-electron chi connectivity index (χ2n) is 4.12. The summed E-state index contributed by atoms with van der Waals surface area (Å²) in [5.41, 5.74) is 0.481. The van der Waals surface area contributed by atoms with Gasteiger partial charge in [0.25, 0.3) is 0 Å². The van der Waals surface area contributed by atoms with E-state index in [4.69, 9.17) is 0 Å². The Kier molecular flexibility index (Phi) is 4.71. The lowest BCUT2D eigenvalue weighted by Gasteiger charge is -2.13. The molecule has 0 aliphatic heterocycles. The Labute approximate surface area is 126 Å². The molecular formula is C14H10Br2F2O. The van der Waals surface area contributed by atoms with E-state index in [9.17, 15) is 13.9 Å². The van der Waals surface area contributed by atoms with Crippen LogP contribution in [0.4, 0.5) is 8.78 Å². The number of aliphatic hydroxyl groups excluding tert-OH is 1. The van der Waals surface area contributed by atoms with Crippen molar-refractivity contribution in [3.05, 3.63) is 68.1 Å². The maximum atomic E-state index is 13.6. The minimum absolute atomic E-state index is 0.0125. The van der Waals surface area contributed by atoms with Crippen LogP contribution < -0.4 is 0 Å². The third-order valence-corrected chi connectivity index (χ3v) is 3.72. The molecule has 0 amide bonds. The summed E-state index contributed by atoms with van der Waals surface area (Å²) in [6.07, 6.45) is -1.08. The molecule has 1 N–H and O–H groups in total. The number of halogens is 4. The molecule has 2 aromatic rings. The van der Waals surface area contributed by atoms with Gasteiger partial charge in [-0.1, -0.05) is 31.9 Å². The Bertz CT molecular complexity index is 602. The van der Waals surface area contributed by atoms with E-state index in [1.54, 1.807) is 18.2 Å². The SMILES string of the molecule is OC(Cc1cc(Br)ccc1F)c1cc(Br)ccc1F. The van der Waals surface area contributed by atoms with Crippen molar-refractivity contribution < 1.29 is 13.9 Å². The lowest BCUT2D eigenvalue weighted by molar-refractivity contribution is 0.172. The van der Waals surface area contributed by atoms with Gasteiger partial charge < -0.3 is 5.11 Å². The van der Waals surface area contributed by atoms with Gasteiger partial charge in [0, 0.05) is 20.9 Å². The van der Waals surface area contributed by atoms with Gasteiger partial charge in [-0.25, -0.2) is 8.78 Å². The van der Waals surface area contributed by atoms with E-state index in [2.05, 4.69) is 31.9 Å². The van der Waals surface area contributed by atoms with Crippen LogP contribution >= 0.6 is 31.9 Å². The minimum Gasteiger partial charge on any atom is -0.388 e. The fourth-order valence-corrected chi connectivity index (χ4v) is 2.58. The third-order valence-electron chi connectivity index (χ3n) is 2.74. The van der Waals surface area contributed by atoms with Crippen LogP contribution in [0, 0.1) is 11.6 Å². The number of hydrogen-bond acceptors (Lipinski definition) is 1. The average Bonchev–Trinajstić information content (AvgIpc) is 2.36. The summed E-state index contributed by atoms with van der Waals surface area (Å²) in [4.78, 5) is 0. The van der Waals surface area contributed by atoms with Crippen molar-refractivity contribution in [2.24, 2.45) is 0 Å². The molecular weight excluding hydrogens is 382 g/mol. The Hall–Kier alpha value is -0.780. The smallest absolute Gasteiger partial charge is 0.129 e. The fraction of sp³-hybridized carbons (Fsp3) is 0.143. The van der Waals surface area contributed by atoms with Gasteiger partial charge in [-0.3, -0.25) is 0 Å². The molecule has 0 saturated heterocycles. The van der Waals surface area contributed by atoms with E-state index >= 15 is 0 Å². The molecule has 1 unspecified atom stereocenters. The zero-order chi connectivity index (χ0) is 14.0. The minimum atomic E-state index is -1.10. The highest BCUT2D eigenvalue weighted by Gasteiger charge is 2.16. The molecule has 0 aliphatic carbocycles. The van der Waals surface area contributed by atoms with Crippen LogP contribution in [0.1, 0.15) is 17.2 Å². The van der Waals surface area contributed by atoms with Crippen LogP contribution in [0.25, 0.3) is 0 Å². The van der Waals surface area contributed by atoms with Gasteiger partial charge in [-0.15, -0.1) is 0 Å². The van der Waals surface area contributed by atoms with Crippen molar-refractivity contribution in [3.8, 4) is 0 Å². The van der Waals surface area contributed by atoms with Crippen molar-refractivity contribution in [2.45, 2.75) is 12.5 Å². The van der Waals surface area contributed by atoms with Crippen LogP contribution in [0.15, 0.2) is 45.3 Å². The van der Waals surface area contributed by atoms with Gasteiger partial charge in [0.15, 0.2) is 0 Å². The fourth-order valence-electron chi connectivity index (χ4n) is 1.79. The summed E-state index contributed by atoms with van der Waals surface area (Å²) < 4.78 is 28.6. The van der Waals surface area contributed by atoms with E-state index in [0.717, 1.165) is 0 Å². The molecule has 1 atom stereocenters. The second-order valence-corrected chi connectivity index (χ2v) is 5.95. The van der Waals surface area contributed by atoms with Gasteiger partial charge in [0.2, 0.25) is 0 Å². The molecule has 0 spiro atoms. The summed E-state index contributed by atoms with van der Waals surface area (Å²) in [7, 11) is 0. The predicted molar refractivity (Wildman–Crippen MR) is 76.9 cm³/mol. The van der Waals surface area contributed by atoms with Gasteiger partial charge in [0.1, 0.15) is 11.6 Å². The molecule has 0 heterocycles. The Morgan fingerprint density at radius 3 is 2.21 bits per heavy atom. The predicted octanol–water partition coefficient (Wildman–Crippen LogP) is 4.77. The lowest BCUT2D eigenvalue weighted by Crippen LogP contribution is -2.06. The average molecular weight is 392 g/mol. The first-order valence-electron chi connectivity index (χ1n) is 5.54. The standard InChI is InChI=1S/C14H10Br2F2O/c15-9-1-3-12(17)8(5-9)6-14(19)11-7-10(16)2-4-13(11)18/h1-5,7,14,19H,6H2. The highest BCUT2D eigenvalue weighted by atomic mass is 79.9. The summed E-state index contributed by atoms with van der Waals surface area (Å²) in [6, 6.07) is 8.77. The number of aliphatic hydroxyl groups is 1. The summed E-state index contributed by atoms with van der Waals surface area (Å²) >= 11 is 6.46. The molecule has 2 aromatic carbocycles. The van der Waals surface area contributed by atoms with Gasteiger partial charge in [0.05, 0.1) is 6.10 Å². The second kappa shape index (κ2) is 6.11. The van der Waals surface area contributed by atoms with Gasteiger partial charge in [-0.05, 0) is 42.0 Å². The van der Waals surface area contributed by atoms with Crippen LogP contribution in [-0.2, 0) is 6.42 Å². The van der Waals surface area contributed by atoms with Crippen molar-refractivity contribution in [3.63, 3.8) is 0 Å². The summed E-state index contributed by atoms with van der Waals surface area (Å²) in [6.45, 7) is 0. The summed E-state index contributed by atoms with van der Waals surface area (Å²) in [5, 5.41) is 10.1. The van der Waals surface area contributed by atoms with Crippen LogP contribution in [-0.4, -0.2) is 5.11 Å².